The predicted octanol–water partition coefficient (Wildman–Crippen LogP) is 2.54. The van der Waals surface area contributed by atoms with Gasteiger partial charge in [0.2, 0.25) is 0 Å². The number of benzene rings is 1. The first-order chi connectivity index (χ1) is 7.70. The van der Waals surface area contributed by atoms with Crippen LogP contribution in [0.2, 0.25) is 0 Å². The highest BCUT2D eigenvalue weighted by Gasteiger charge is 2.16. The first-order valence-corrected chi connectivity index (χ1v) is 5.78. The quantitative estimate of drug-likeness (QED) is 0.835. The van der Waals surface area contributed by atoms with E-state index in [0.29, 0.717) is 25.6 Å². The van der Waals surface area contributed by atoms with E-state index in [0.717, 1.165) is 17.1 Å². The second-order valence-electron chi connectivity index (χ2n) is 4.36. The van der Waals surface area contributed by atoms with Gasteiger partial charge in [-0.2, -0.15) is 0 Å². The summed E-state index contributed by atoms with van der Waals surface area (Å²) in [6, 6.07) is 5.65. The zero-order valence-electron chi connectivity index (χ0n) is 9.77. The fraction of sp³-hybridized carbons (Fsp3) is 0.538. The molecular weight excluding hydrogens is 204 g/mol. The predicted molar refractivity (Wildman–Crippen MR) is 61.8 cm³/mol. The number of fused-ring (bicyclic) bond motifs is 1. The van der Waals surface area contributed by atoms with E-state index in [2.05, 4.69) is 6.92 Å². The molecule has 1 unspecified atom stereocenters. The zero-order valence-corrected chi connectivity index (χ0v) is 9.77. The normalized spacial score (nSPS) is 21.3. The molecule has 2 rings (SSSR count). The molecule has 1 aliphatic heterocycles. The van der Waals surface area contributed by atoms with Crippen LogP contribution in [0.3, 0.4) is 0 Å². The van der Waals surface area contributed by atoms with Crippen molar-refractivity contribution in [1.82, 2.24) is 0 Å². The van der Waals surface area contributed by atoms with Crippen LogP contribution in [0.15, 0.2) is 18.2 Å². The van der Waals surface area contributed by atoms with Gasteiger partial charge in [0.25, 0.3) is 0 Å². The number of aliphatic hydroxyl groups is 1. The van der Waals surface area contributed by atoms with Crippen molar-refractivity contribution >= 4 is 0 Å². The van der Waals surface area contributed by atoms with Crippen molar-refractivity contribution < 1.29 is 14.6 Å². The van der Waals surface area contributed by atoms with Gasteiger partial charge in [0.05, 0.1) is 19.3 Å². The van der Waals surface area contributed by atoms with E-state index in [1.54, 1.807) is 0 Å². The Labute approximate surface area is 96.0 Å². The van der Waals surface area contributed by atoms with Gasteiger partial charge in [-0.05, 0) is 24.1 Å². The summed E-state index contributed by atoms with van der Waals surface area (Å²) in [4.78, 5) is 0. The summed E-state index contributed by atoms with van der Waals surface area (Å²) < 4.78 is 11.3. The molecular formula is C13H18O3. The van der Waals surface area contributed by atoms with Gasteiger partial charge < -0.3 is 14.6 Å². The summed E-state index contributed by atoms with van der Waals surface area (Å²) >= 11 is 0. The Hall–Kier alpha value is -1.22. The number of ether oxygens (including phenoxy) is 2. The van der Waals surface area contributed by atoms with Gasteiger partial charge in [0, 0.05) is 5.92 Å². The average molecular weight is 222 g/mol. The lowest BCUT2D eigenvalue weighted by Gasteiger charge is -2.12. The molecule has 0 bridgehead atoms. The second kappa shape index (κ2) is 4.74. The van der Waals surface area contributed by atoms with Gasteiger partial charge in [-0.3, -0.25) is 0 Å². The zero-order chi connectivity index (χ0) is 11.5. The lowest BCUT2D eigenvalue weighted by Crippen LogP contribution is -2.12. The van der Waals surface area contributed by atoms with Crippen molar-refractivity contribution in [3.8, 4) is 11.5 Å². The molecule has 1 aromatic rings. The van der Waals surface area contributed by atoms with Crippen LogP contribution in [0.25, 0.3) is 0 Å². The SMILES string of the molecule is CC[C@H](O)c1ccc2c(c1)OCC(C)CO2. The molecule has 0 saturated carbocycles. The third-order valence-corrected chi connectivity index (χ3v) is 2.79. The van der Waals surface area contributed by atoms with E-state index < -0.39 is 6.10 Å². The van der Waals surface area contributed by atoms with Crippen LogP contribution in [0.4, 0.5) is 0 Å². The molecule has 88 valence electrons. The molecule has 2 atom stereocenters. The Morgan fingerprint density at radius 2 is 2.00 bits per heavy atom. The molecule has 0 aromatic heterocycles. The maximum Gasteiger partial charge on any atom is 0.161 e. The molecule has 3 nitrogen and oxygen atoms in total. The Bertz CT molecular complexity index is 362. The highest BCUT2D eigenvalue weighted by Crippen LogP contribution is 2.33. The van der Waals surface area contributed by atoms with Crippen LogP contribution in [0, 0.1) is 5.92 Å². The maximum absolute atomic E-state index is 9.76. The summed E-state index contributed by atoms with van der Waals surface area (Å²) in [7, 11) is 0. The third-order valence-electron chi connectivity index (χ3n) is 2.79. The highest BCUT2D eigenvalue weighted by atomic mass is 16.5. The van der Waals surface area contributed by atoms with E-state index in [1.165, 1.54) is 0 Å². The first kappa shape index (κ1) is 11.3. The number of rotatable bonds is 2. The van der Waals surface area contributed by atoms with E-state index in [9.17, 15) is 5.11 Å². The van der Waals surface area contributed by atoms with Crippen LogP contribution in [-0.2, 0) is 0 Å². The minimum Gasteiger partial charge on any atom is -0.489 e. The number of hydrogen-bond donors (Lipinski definition) is 1. The lowest BCUT2D eigenvalue weighted by molar-refractivity contribution is 0.173. The van der Waals surface area contributed by atoms with Crippen LogP contribution >= 0.6 is 0 Å². The molecule has 16 heavy (non-hydrogen) atoms. The van der Waals surface area contributed by atoms with Gasteiger partial charge in [0.15, 0.2) is 11.5 Å². The van der Waals surface area contributed by atoms with Crippen molar-refractivity contribution in [3.63, 3.8) is 0 Å². The smallest absolute Gasteiger partial charge is 0.161 e. The molecule has 0 radical (unpaired) electrons. The van der Waals surface area contributed by atoms with Gasteiger partial charge in [0.1, 0.15) is 0 Å². The second-order valence-corrected chi connectivity index (χ2v) is 4.36. The largest absolute Gasteiger partial charge is 0.489 e. The van der Waals surface area contributed by atoms with Gasteiger partial charge >= 0.3 is 0 Å². The van der Waals surface area contributed by atoms with E-state index in [-0.39, 0.29) is 0 Å². The molecule has 3 heteroatoms. The third kappa shape index (κ3) is 2.30. The van der Waals surface area contributed by atoms with E-state index >= 15 is 0 Å². The molecule has 1 heterocycles. The Balaban J connectivity index is 2.25. The van der Waals surface area contributed by atoms with Crippen molar-refractivity contribution in [2.45, 2.75) is 26.4 Å². The minimum absolute atomic E-state index is 0.395. The number of aliphatic hydroxyl groups excluding tert-OH is 1. The summed E-state index contributed by atoms with van der Waals surface area (Å²) in [6.45, 7) is 5.39. The van der Waals surface area contributed by atoms with Gasteiger partial charge in [-0.15, -0.1) is 0 Å². The molecule has 0 fully saturated rings. The summed E-state index contributed by atoms with van der Waals surface area (Å²) in [6.07, 6.45) is 0.283. The van der Waals surface area contributed by atoms with Crippen LogP contribution < -0.4 is 9.47 Å². The van der Waals surface area contributed by atoms with E-state index in [1.807, 2.05) is 25.1 Å². The van der Waals surface area contributed by atoms with Crippen LogP contribution in [0.5, 0.6) is 11.5 Å². The van der Waals surface area contributed by atoms with Gasteiger partial charge in [-0.25, -0.2) is 0 Å². The molecule has 0 spiro atoms. The fourth-order valence-electron chi connectivity index (χ4n) is 1.71. The van der Waals surface area contributed by atoms with Crippen LogP contribution in [0.1, 0.15) is 31.9 Å². The molecule has 1 aromatic carbocycles. The monoisotopic (exact) mass is 222 g/mol. The van der Waals surface area contributed by atoms with Crippen LogP contribution in [-0.4, -0.2) is 18.3 Å². The van der Waals surface area contributed by atoms with Gasteiger partial charge in [-0.1, -0.05) is 19.9 Å². The molecule has 0 aliphatic carbocycles. The topological polar surface area (TPSA) is 38.7 Å². The van der Waals surface area contributed by atoms with Crippen molar-refractivity contribution in [1.29, 1.82) is 0 Å². The molecule has 1 aliphatic rings. The Kier molecular flexibility index (Phi) is 3.34. The average Bonchev–Trinajstić information content (AvgIpc) is 2.50. The number of hydrogen-bond acceptors (Lipinski definition) is 3. The summed E-state index contributed by atoms with van der Waals surface area (Å²) in [5, 5.41) is 9.76. The van der Waals surface area contributed by atoms with Crippen molar-refractivity contribution in [2.24, 2.45) is 5.92 Å². The maximum atomic E-state index is 9.76. The highest BCUT2D eigenvalue weighted by molar-refractivity contribution is 5.44. The van der Waals surface area contributed by atoms with Crippen molar-refractivity contribution in [2.75, 3.05) is 13.2 Å². The molecule has 0 amide bonds. The van der Waals surface area contributed by atoms with E-state index in [4.69, 9.17) is 9.47 Å². The lowest BCUT2D eigenvalue weighted by atomic mass is 10.1. The first-order valence-electron chi connectivity index (χ1n) is 5.78. The minimum atomic E-state index is -0.422. The van der Waals surface area contributed by atoms with Crippen molar-refractivity contribution in [3.05, 3.63) is 23.8 Å². The Morgan fingerprint density at radius 3 is 2.69 bits per heavy atom. The molecule has 0 saturated heterocycles. The Morgan fingerprint density at radius 1 is 1.31 bits per heavy atom. The fourth-order valence-corrected chi connectivity index (χ4v) is 1.71. The molecule has 1 N–H and O–H groups in total. The standard InChI is InChI=1S/C13H18O3/c1-3-11(14)10-4-5-12-13(6-10)16-8-9(2)7-15-12/h4-6,9,11,14H,3,7-8H2,1-2H3/t9?,11-/m0/s1. The summed E-state index contributed by atoms with van der Waals surface area (Å²) in [5.41, 5.74) is 0.888. The summed E-state index contributed by atoms with van der Waals surface area (Å²) in [5.74, 6) is 1.91.